The van der Waals surface area contributed by atoms with Crippen LogP contribution < -0.4 is 20.7 Å². The normalized spacial score (nSPS) is 17.6. The van der Waals surface area contributed by atoms with Crippen LogP contribution in [0.4, 0.5) is 0 Å². The first kappa shape index (κ1) is 33.5. The topological polar surface area (TPSA) is 102 Å². The molecule has 1 amide bonds. The lowest BCUT2D eigenvalue weighted by atomic mass is 9.99. The highest BCUT2D eigenvalue weighted by atomic mass is 35.5. The molecule has 9 nitrogen and oxygen atoms in total. The molecule has 0 aliphatic carbocycles. The third-order valence-corrected chi connectivity index (χ3v) is 10.2. The largest absolute Gasteiger partial charge is 0.481 e. The molecule has 2 aliphatic rings. The number of pyridine rings is 2. The lowest BCUT2D eigenvalue weighted by Gasteiger charge is -2.15. The molecule has 254 valence electrons. The summed E-state index contributed by atoms with van der Waals surface area (Å²) >= 11 is 14.2. The highest BCUT2D eigenvalue weighted by Gasteiger charge is 2.21. The van der Waals surface area contributed by atoms with Crippen LogP contribution >= 0.6 is 23.2 Å². The van der Waals surface area contributed by atoms with Gasteiger partial charge in [-0.1, -0.05) is 59.6 Å². The van der Waals surface area contributed by atoms with Crippen LogP contribution in [0.1, 0.15) is 36.8 Å². The fraction of sp³-hybridized carbons (Fsp3) is 0.342. The number of fused-ring (bicyclic) bond motifs is 1. The van der Waals surface area contributed by atoms with E-state index in [1.54, 1.807) is 13.3 Å². The lowest BCUT2D eigenvalue weighted by Crippen LogP contribution is -2.35. The predicted octanol–water partition coefficient (Wildman–Crippen LogP) is 6.92. The molecule has 7 rings (SSSR count). The number of aromatic nitrogens is 3. The van der Waals surface area contributed by atoms with Gasteiger partial charge in [0.1, 0.15) is 0 Å². The van der Waals surface area contributed by atoms with Crippen molar-refractivity contribution < 1.29 is 14.3 Å². The molecular weight excluding hydrogens is 659 g/mol. The Balaban J connectivity index is 1.12. The van der Waals surface area contributed by atoms with E-state index >= 15 is 0 Å². The number of benzene rings is 2. The summed E-state index contributed by atoms with van der Waals surface area (Å²) in [6.45, 7) is 3.76. The van der Waals surface area contributed by atoms with Crippen molar-refractivity contribution in [2.24, 2.45) is 7.05 Å². The van der Waals surface area contributed by atoms with E-state index in [4.69, 9.17) is 42.6 Å². The first-order valence-electron chi connectivity index (χ1n) is 16.8. The van der Waals surface area contributed by atoms with Crippen LogP contribution in [0.3, 0.4) is 0 Å². The van der Waals surface area contributed by atoms with E-state index in [1.165, 1.54) is 10.9 Å². The standard InChI is InChI=1S/C38H40Cl2N6O3/c1-46-22-25(19-42-21-27-5-4-16-49-27)28-11-8-23(17-33(28)46)37-36(40)30(14-15-43-37)29-6-3-7-31(35(29)39)32-12-9-24(38(45-32)48-2)18-41-20-26-10-13-34(47)44-26/h3,6-9,11-12,14-15,17,22,26-27,41-42H,4-5,10,13,16,18-21H2,1-2H3,(H,44,47)/t26-,27+/m1/s1. The maximum absolute atomic E-state index is 11.5. The minimum absolute atomic E-state index is 0.107. The van der Waals surface area contributed by atoms with E-state index in [0.29, 0.717) is 52.9 Å². The number of amides is 1. The Morgan fingerprint density at radius 1 is 0.980 bits per heavy atom. The number of hydrogen-bond donors (Lipinski definition) is 3. The molecule has 2 aromatic carbocycles. The molecule has 2 fully saturated rings. The summed E-state index contributed by atoms with van der Waals surface area (Å²) in [5, 5.41) is 12.2. The molecule has 0 radical (unpaired) electrons. The van der Waals surface area contributed by atoms with Gasteiger partial charge >= 0.3 is 0 Å². The average Bonchev–Trinajstić information content (AvgIpc) is 3.86. The summed E-state index contributed by atoms with van der Waals surface area (Å²) in [5.74, 6) is 0.625. The van der Waals surface area contributed by atoms with Gasteiger partial charge in [-0.05, 0) is 43.0 Å². The van der Waals surface area contributed by atoms with Gasteiger partial charge in [-0.2, -0.15) is 0 Å². The Morgan fingerprint density at radius 3 is 2.59 bits per heavy atom. The molecule has 49 heavy (non-hydrogen) atoms. The number of ether oxygens (including phenoxy) is 2. The third kappa shape index (κ3) is 7.18. The first-order valence-corrected chi connectivity index (χ1v) is 17.5. The summed E-state index contributed by atoms with van der Waals surface area (Å²) < 4.78 is 13.6. The minimum Gasteiger partial charge on any atom is -0.481 e. The molecule has 0 spiro atoms. The number of aryl methyl sites for hydroxylation is 1. The van der Waals surface area contributed by atoms with Gasteiger partial charge < -0.3 is 30.0 Å². The molecule has 5 heterocycles. The monoisotopic (exact) mass is 698 g/mol. The average molecular weight is 700 g/mol. The number of nitrogens with zero attached hydrogens (tertiary/aromatic N) is 3. The molecule has 2 aliphatic heterocycles. The zero-order valence-corrected chi connectivity index (χ0v) is 29.2. The first-order chi connectivity index (χ1) is 23.9. The number of carbonyl (C=O) groups excluding carboxylic acids is 1. The highest BCUT2D eigenvalue weighted by Crippen LogP contribution is 2.42. The van der Waals surface area contributed by atoms with Crippen LogP contribution in [0.25, 0.3) is 44.5 Å². The zero-order valence-electron chi connectivity index (χ0n) is 27.7. The van der Waals surface area contributed by atoms with Gasteiger partial charge in [0, 0.05) is 103 Å². The fourth-order valence-corrected chi connectivity index (χ4v) is 7.51. The van der Waals surface area contributed by atoms with Crippen molar-refractivity contribution in [2.45, 2.75) is 50.9 Å². The van der Waals surface area contributed by atoms with Crippen LogP contribution in [0.5, 0.6) is 5.88 Å². The van der Waals surface area contributed by atoms with Crippen molar-refractivity contribution in [3.8, 4) is 39.5 Å². The Kier molecular flexibility index (Phi) is 10.2. The van der Waals surface area contributed by atoms with Gasteiger partial charge in [0.05, 0.1) is 34.6 Å². The number of nitrogens with one attached hydrogen (secondary N) is 3. The summed E-state index contributed by atoms with van der Waals surface area (Å²) in [6.07, 6.45) is 7.94. The van der Waals surface area contributed by atoms with Gasteiger partial charge in [0.2, 0.25) is 11.8 Å². The zero-order chi connectivity index (χ0) is 33.9. The second kappa shape index (κ2) is 14.9. The summed E-state index contributed by atoms with van der Waals surface area (Å²) in [7, 11) is 3.68. The highest BCUT2D eigenvalue weighted by molar-refractivity contribution is 6.39. The quantitative estimate of drug-likeness (QED) is 0.130. The Labute approximate surface area is 296 Å². The number of hydrogen-bond acceptors (Lipinski definition) is 7. The maximum atomic E-state index is 11.5. The molecular formula is C38H40Cl2N6O3. The van der Waals surface area contributed by atoms with Gasteiger partial charge in [-0.25, -0.2) is 4.98 Å². The predicted molar refractivity (Wildman–Crippen MR) is 195 cm³/mol. The number of methoxy groups -OCH3 is 1. The molecule has 2 saturated heterocycles. The second-order valence-corrected chi connectivity index (χ2v) is 13.5. The van der Waals surface area contributed by atoms with E-state index in [-0.39, 0.29) is 11.9 Å². The lowest BCUT2D eigenvalue weighted by molar-refractivity contribution is -0.119. The van der Waals surface area contributed by atoms with Crippen LogP contribution in [0.2, 0.25) is 10.0 Å². The molecule has 0 saturated carbocycles. The smallest absolute Gasteiger partial charge is 0.220 e. The van der Waals surface area contributed by atoms with Crippen molar-refractivity contribution in [2.75, 3.05) is 26.8 Å². The van der Waals surface area contributed by atoms with E-state index in [9.17, 15) is 4.79 Å². The maximum Gasteiger partial charge on any atom is 0.220 e. The SMILES string of the molecule is COc1nc(-c2cccc(-c3ccnc(-c4ccc5c(CNC[C@@H]6CCCO6)cn(C)c5c4)c3Cl)c2Cl)ccc1CNC[C@H]1CCC(=O)N1. The van der Waals surface area contributed by atoms with E-state index in [1.807, 2.05) is 36.4 Å². The number of carbonyl (C=O) groups is 1. The van der Waals surface area contributed by atoms with E-state index < -0.39 is 0 Å². The van der Waals surface area contributed by atoms with Crippen molar-refractivity contribution in [3.63, 3.8) is 0 Å². The van der Waals surface area contributed by atoms with Gasteiger partial charge in [0.15, 0.2) is 0 Å². The number of halogens is 2. The molecule has 2 atom stereocenters. The van der Waals surface area contributed by atoms with Crippen molar-refractivity contribution >= 4 is 40.0 Å². The van der Waals surface area contributed by atoms with Gasteiger partial charge in [-0.3, -0.25) is 9.78 Å². The molecule has 11 heteroatoms. The van der Waals surface area contributed by atoms with Gasteiger partial charge in [0.25, 0.3) is 0 Å². The van der Waals surface area contributed by atoms with Crippen LogP contribution in [0, 0.1) is 0 Å². The molecule has 0 bridgehead atoms. The molecule has 5 aromatic rings. The summed E-state index contributed by atoms with van der Waals surface area (Å²) in [4.78, 5) is 21.0. The van der Waals surface area contributed by atoms with E-state index in [2.05, 4.69) is 52.0 Å². The summed E-state index contributed by atoms with van der Waals surface area (Å²) in [6, 6.07) is 18.2. The summed E-state index contributed by atoms with van der Waals surface area (Å²) in [5.41, 5.74) is 7.93. The van der Waals surface area contributed by atoms with Gasteiger partial charge in [-0.15, -0.1) is 0 Å². The molecule has 0 unspecified atom stereocenters. The van der Waals surface area contributed by atoms with Crippen molar-refractivity contribution in [1.29, 1.82) is 0 Å². The van der Waals surface area contributed by atoms with Crippen LogP contribution in [-0.2, 0) is 29.7 Å². The second-order valence-electron chi connectivity index (χ2n) is 12.8. The van der Waals surface area contributed by atoms with Crippen LogP contribution in [0.15, 0.2) is 67.0 Å². The molecule has 3 N–H and O–H groups in total. The molecule has 3 aromatic heterocycles. The van der Waals surface area contributed by atoms with Crippen molar-refractivity contribution in [3.05, 3.63) is 88.2 Å². The Bertz CT molecular complexity index is 1990. The Hall–Kier alpha value is -3.99. The van der Waals surface area contributed by atoms with Crippen molar-refractivity contribution in [1.82, 2.24) is 30.5 Å². The fourth-order valence-electron chi connectivity index (χ4n) is 6.86. The Morgan fingerprint density at radius 2 is 1.80 bits per heavy atom. The van der Waals surface area contributed by atoms with Crippen LogP contribution in [-0.4, -0.2) is 59.4 Å². The third-order valence-electron chi connectivity index (χ3n) is 9.44. The number of rotatable bonds is 12. The minimum atomic E-state index is 0.107. The van der Waals surface area contributed by atoms with E-state index in [0.717, 1.165) is 72.3 Å².